The first kappa shape index (κ1) is 16.0. The molecule has 0 spiro atoms. The fourth-order valence-corrected chi connectivity index (χ4v) is 2.84. The van der Waals surface area contributed by atoms with Gasteiger partial charge in [0.15, 0.2) is 0 Å². The fourth-order valence-electron chi connectivity index (χ4n) is 2.84. The van der Waals surface area contributed by atoms with Crippen LogP contribution in [0, 0.1) is 18.7 Å². The lowest BCUT2D eigenvalue weighted by atomic mass is 9.96. The molecular weight excluding hydrogens is 267 g/mol. The van der Waals surface area contributed by atoms with Crippen molar-refractivity contribution in [2.45, 2.75) is 39.7 Å². The summed E-state index contributed by atoms with van der Waals surface area (Å²) in [5, 5.41) is 3.33. The first-order valence-electron chi connectivity index (χ1n) is 7.77. The van der Waals surface area contributed by atoms with Crippen LogP contribution >= 0.6 is 0 Å². The zero-order chi connectivity index (χ0) is 15.4. The second-order valence-corrected chi connectivity index (χ2v) is 6.18. The average molecular weight is 292 g/mol. The highest BCUT2D eigenvalue weighted by molar-refractivity contribution is 5.94. The Balaban J connectivity index is 2.17. The lowest BCUT2D eigenvalue weighted by Gasteiger charge is -2.33. The van der Waals surface area contributed by atoms with E-state index in [1.165, 1.54) is 0 Å². The van der Waals surface area contributed by atoms with Gasteiger partial charge in [-0.25, -0.2) is 4.39 Å². The molecule has 0 aromatic heterocycles. The predicted molar refractivity (Wildman–Crippen MR) is 82.9 cm³/mol. The number of nitrogens with one attached hydrogen (secondary N) is 1. The summed E-state index contributed by atoms with van der Waals surface area (Å²) in [6, 6.07) is 5.10. The van der Waals surface area contributed by atoms with Crippen LogP contribution in [-0.4, -0.2) is 36.5 Å². The standard InChI is InChI=1S/C17H25FN2O/c1-12(2)20(11-14-7-9-19-10-8-14)17(21)15-6-4-5-13(3)16(15)18/h4-6,12,14,19H,7-11H2,1-3H3. The van der Waals surface area contributed by atoms with Crippen molar-refractivity contribution in [1.82, 2.24) is 10.2 Å². The maximum absolute atomic E-state index is 14.2. The largest absolute Gasteiger partial charge is 0.336 e. The molecule has 1 fully saturated rings. The van der Waals surface area contributed by atoms with E-state index >= 15 is 0 Å². The van der Waals surface area contributed by atoms with Crippen molar-refractivity contribution in [3.05, 3.63) is 35.1 Å². The van der Waals surface area contributed by atoms with E-state index in [0.717, 1.165) is 25.9 Å². The Bertz CT molecular complexity index is 496. The third-order valence-corrected chi connectivity index (χ3v) is 4.22. The third kappa shape index (κ3) is 3.82. The van der Waals surface area contributed by atoms with Gasteiger partial charge in [-0.05, 0) is 64.3 Å². The maximum atomic E-state index is 14.2. The van der Waals surface area contributed by atoms with Crippen LogP contribution in [0.1, 0.15) is 42.6 Å². The van der Waals surface area contributed by atoms with E-state index in [0.29, 0.717) is 18.0 Å². The van der Waals surface area contributed by atoms with Gasteiger partial charge in [0.2, 0.25) is 0 Å². The van der Waals surface area contributed by atoms with E-state index in [1.54, 1.807) is 25.1 Å². The molecule has 1 amide bonds. The van der Waals surface area contributed by atoms with Crippen LogP contribution in [0.2, 0.25) is 0 Å². The molecule has 21 heavy (non-hydrogen) atoms. The van der Waals surface area contributed by atoms with Gasteiger partial charge >= 0.3 is 0 Å². The average Bonchev–Trinajstić information content (AvgIpc) is 2.48. The Morgan fingerprint density at radius 3 is 2.67 bits per heavy atom. The van der Waals surface area contributed by atoms with Gasteiger partial charge in [0.25, 0.3) is 5.91 Å². The van der Waals surface area contributed by atoms with E-state index in [1.807, 2.05) is 18.7 Å². The summed E-state index contributed by atoms with van der Waals surface area (Å²) in [6.07, 6.45) is 2.15. The number of hydrogen-bond donors (Lipinski definition) is 1. The highest BCUT2D eigenvalue weighted by atomic mass is 19.1. The Labute approximate surface area is 126 Å². The van der Waals surface area contributed by atoms with E-state index in [4.69, 9.17) is 0 Å². The molecule has 1 aliphatic heterocycles. The quantitative estimate of drug-likeness (QED) is 0.925. The number of nitrogens with zero attached hydrogens (tertiary/aromatic N) is 1. The summed E-state index contributed by atoms with van der Waals surface area (Å²) in [5.41, 5.74) is 0.712. The van der Waals surface area contributed by atoms with Crippen LogP contribution in [0.3, 0.4) is 0 Å². The van der Waals surface area contributed by atoms with Gasteiger partial charge in [-0.3, -0.25) is 4.79 Å². The minimum atomic E-state index is -0.390. The molecule has 4 heteroatoms. The SMILES string of the molecule is Cc1cccc(C(=O)N(CC2CCNCC2)C(C)C)c1F. The molecule has 0 unspecified atom stereocenters. The Morgan fingerprint density at radius 1 is 1.38 bits per heavy atom. The Morgan fingerprint density at radius 2 is 2.05 bits per heavy atom. The first-order chi connectivity index (χ1) is 10.0. The molecular formula is C17H25FN2O. The van der Waals surface area contributed by atoms with Crippen molar-refractivity contribution < 1.29 is 9.18 Å². The summed E-state index contributed by atoms with van der Waals surface area (Å²) in [6.45, 7) is 8.40. The zero-order valence-electron chi connectivity index (χ0n) is 13.2. The van der Waals surface area contributed by atoms with Crippen LogP contribution in [-0.2, 0) is 0 Å². The van der Waals surface area contributed by atoms with Crippen LogP contribution in [0.4, 0.5) is 4.39 Å². The smallest absolute Gasteiger partial charge is 0.257 e. The molecule has 0 atom stereocenters. The molecule has 1 saturated heterocycles. The van der Waals surface area contributed by atoms with E-state index in [9.17, 15) is 9.18 Å². The summed E-state index contributed by atoms with van der Waals surface area (Å²) in [4.78, 5) is 14.5. The van der Waals surface area contributed by atoms with Gasteiger partial charge < -0.3 is 10.2 Å². The van der Waals surface area contributed by atoms with Gasteiger partial charge in [-0.15, -0.1) is 0 Å². The second-order valence-electron chi connectivity index (χ2n) is 6.18. The van der Waals surface area contributed by atoms with Crippen molar-refractivity contribution in [3.63, 3.8) is 0 Å². The normalized spacial score (nSPS) is 16.2. The number of amides is 1. The molecule has 1 aromatic rings. The zero-order valence-corrected chi connectivity index (χ0v) is 13.2. The number of aryl methyl sites for hydroxylation is 1. The minimum Gasteiger partial charge on any atom is -0.336 e. The van der Waals surface area contributed by atoms with Gasteiger partial charge in [0.1, 0.15) is 5.82 Å². The lowest BCUT2D eigenvalue weighted by Crippen LogP contribution is -2.43. The molecule has 1 aliphatic rings. The van der Waals surface area contributed by atoms with Crippen molar-refractivity contribution >= 4 is 5.91 Å². The Hall–Kier alpha value is -1.42. The molecule has 0 bridgehead atoms. The van der Waals surface area contributed by atoms with Gasteiger partial charge in [0, 0.05) is 12.6 Å². The van der Waals surface area contributed by atoms with Crippen molar-refractivity contribution in [1.29, 1.82) is 0 Å². The summed E-state index contributed by atoms with van der Waals surface area (Å²) < 4.78 is 14.2. The Kier molecular flexibility index (Phi) is 5.34. The van der Waals surface area contributed by atoms with Crippen LogP contribution in [0.25, 0.3) is 0 Å². The molecule has 0 aliphatic carbocycles. The van der Waals surface area contributed by atoms with Crippen molar-refractivity contribution in [3.8, 4) is 0 Å². The number of carbonyl (C=O) groups excluding carboxylic acids is 1. The first-order valence-corrected chi connectivity index (χ1v) is 7.77. The third-order valence-electron chi connectivity index (χ3n) is 4.22. The number of rotatable bonds is 4. The number of benzene rings is 1. The molecule has 1 N–H and O–H groups in total. The minimum absolute atomic E-state index is 0.0762. The summed E-state index contributed by atoms with van der Waals surface area (Å²) in [7, 11) is 0. The van der Waals surface area contributed by atoms with E-state index in [2.05, 4.69) is 5.32 Å². The van der Waals surface area contributed by atoms with Crippen LogP contribution in [0.5, 0.6) is 0 Å². The maximum Gasteiger partial charge on any atom is 0.257 e. The number of hydrogen-bond acceptors (Lipinski definition) is 2. The molecule has 116 valence electrons. The predicted octanol–water partition coefficient (Wildman–Crippen LogP) is 2.98. The van der Waals surface area contributed by atoms with E-state index in [-0.39, 0.29) is 17.5 Å². The van der Waals surface area contributed by atoms with Crippen LogP contribution < -0.4 is 5.32 Å². The topological polar surface area (TPSA) is 32.3 Å². The van der Waals surface area contributed by atoms with Gasteiger partial charge in [-0.2, -0.15) is 0 Å². The number of halogens is 1. The van der Waals surface area contributed by atoms with E-state index < -0.39 is 5.82 Å². The molecule has 3 nitrogen and oxygen atoms in total. The molecule has 2 rings (SSSR count). The van der Waals surface area contributed by atoms with Crippen LogP contribution in [0.15, 0.2) is 18.2 Å². The second kappa shape index (κ2) is 7.03. The van der Waals surface area contributed by atoms with Gasteiger partial charge in [0.05, 0.1) is 5.56 Å². The number of piperidine rings is 1. The van der Waals surface area contributed by atoms with Gasteiger partial charge in [-0.1, -0.05) is 12.1 Å². The lowest BCUT2D eigenvalue weighted by molar-refractivity contribution is 0.0653. The highest BCUT2D eigenvalue weighted by Gasteiger charge is 2.25. The molecule has 0 saturated carbocycles. The summed E-state index contributed by atoms with van der Waals surface area (Å²) in [5.74, 6) is -0.0753. The van der Waals surface area contributed by atoms with Crippen molar-refractivity contribution in [2.24, 2.45) is 5.92 Å². The molecule has 0 radical (unpaired) electrons. The van der Waals surface area contributed by atoms with Crippen molar-refractivity contribution in [2.75, 3.05) is 19.6 Å². The molecule has 1 aromatic carbocycles. The molecule has 1 heterocycles. The fraction of sp³-hybridized carbons (Fsp3) is 0.588. The number of carbonyl (C=O) groups is 1. The summed E-state index contributed by atoms with van der Waals surface area (Å²) >= 11 is 0. The highest BCUT2D eigenvalue weighted by Crippen LogP contribution is 2.20. The monoisotopic (exact) mass is 292 g/mol.